The van der Waals surface area contributed by atoms with Crippen molar-refractivity contribution in [1.29, 1.82) is 0 Å². The number of rotatable bonds is 11. The van der Waals surface area contributed by atoms with Crippen LogP contribution in [0.4, 0.5) is 0 Å². The van der Waals surface area contributed by atoms with Crippen molar-refractivity contribution in [3.05, 3.63) is 71.5 Å². The molecule has 2 amide bonds. The van der Waals surface area contributed by atoms with Gasteiger partial charge in [0, 0.05) is 48.8 Å². The molecule has 1 aromatic heterocycles. The first-order chi connectivity index (χ1) is 16.3. The number of allylic oxidation sites excluding steroid dienone is 2. The largest absolute Gasteiger partial charge is 0.331 e. The summed E-state index contributed by atoms with van der Waals surface area (Å²) in [4.78, 5) is 32.3. The minimum absolute atomic E-state index is 0.0222. The number of nitrogens with zero attached hydrogens (tertiary/aromatic N) is 3. The van der Waals surface area contributed by atoms with Crippen LogP contribution in [0.25, 0.3) is 0 Å². The standard InChI is InChI=1S/C27H35N4O2S/c1-31(2,3)18-9-16-28-23-14-13-22-25-20(23)10-8-11-21(25)26(32)30(27(22)33)17-6-7-19-34-24-12-4-5-15-29-24/h4-5,8,10-15,20,23,28H,6-7,9,16-19H2,1-3H3/q+1. The van der Waals surface area contributed by atoms with Crippen molar-refractivity contribution < 1.29 is 14.1 Å². The average Bonchev–Trinajstić information content (AvgIpc) is 2.82. The highest BCUT2D eigenvalue weighted by molar-refractivity contribution is 7.99. The first-order valence-corrected chi connectivity index (χ1v) is 13.1. The monoisotopic (exact) mass is 479 g/mol. The molecule has 1 N–H and O–H groups in total. The van der Waals surface area contributed by atoms with Crippen LogP contribution in [-0.2, 0) is 9.59 Å². The van der Waals surface area contributed by atoms with Crippen LogP contribution in [0.1, 0.15) is 19.3 Å². The first kappa shape index (κ1) is 24.6. The zero-order chi connectivity index (χ0) is 24.1. The molecule has 0 aromatic carbocycles. The third-order valence-electron chi connectivity index (χ3n) is 6.35. The Balaban J connectivity index is 1.35. The fraction of sp³-hybridized carbons (Fsp3) is 0.444. The first-order valence-electron chi connectivity index (χ1n) is 12.1. The molecule has 180 valence electrons. The van der Waals surface area contributed by atoms with Gasteiger partial charge in [0.25, 0.3) is 11.8 Å². The minimum atomic E-state index is -0.158. The molecule has 0 fully saturated rings. The van der Waals surface area contributed by atoms with E-state index >= 15 is 0 Å². The predicted molar refractivity (Wildman–Crippen MR) is 137 cm³/mol. The Labute approximate surface area is 207 Å². The van der Waals surface area contributed by atoms with Crippen LogP contribution in [-0.4, -0.2) is 78.8 Å². The Morgan fingerprint density at radius 3 is 2.71 bits per heavy atom. The molecule has 2 unspecified atom stereocenters. The Hall–Kier alpha value is -2.48. The van der Waals surface area contributed by atoms with Crippen molar-refractivity contribution in [3.63, 3.8) is 0 Å². The van der Waals surface area contributed by atoms with E-state index in [1.165, 1.54) is 4.90 Å². The molecule has 1 aliphatic heterocycles. The molecule has 0 saturated carbocycles. The van der Waals surface area contributed by atoms with Crippen LogP contribution in [0.3, 0.4) is 0 Å². The van der Waals surface area contributed by atoms with Crippen molar-refractivity contribution in [3.8, 4) is 0 Å². The van der Waals surface area contributed by atoms with Crippen LogP contribution in [0.5, 0.6) is 0 Å². The third-order valence-corrected chi connectivity index (χ3v) is 7.38. The van der Waals surface area contributed by atoms with E-state index in [2.05, 4.69) is 43.6 Å². The third kappa shape index (κ3) is 5.77. The van der Waals surface area contributed by atoms with E-state index in [0.29, 0.717) is 17.7 Å². The summed E-state index contributed by atoms with van der Waals surface area (Å²) in [7, 11) is 6.59. The fourth-order valence-corrected chi connectivity index (χ4v) is 5.50. The van der Waals surface area contributed by atoms with Gasteiger partial charge in [0.1, 0.15) is 0 Å². The van der Waals surface area contributed by atoms with Crippen LogP contribution in [0.15, 0.2) is 76.5 Å². The maximum atomic E-state index is 13.3. The number of quaternary nitrogens is 1. The summed E-state index contributed by atoms with van der Waals surface area (Å²) in [6.45, 7) is 2.44. The fourth-order valence-electron chi connectivity index (χ4n) is 4.63. The molecule has 7 heteroatoms. The maximum Gasteiger partial charge on any atom is 0.261 e. The molecule has 0 radical (unpaired) electrons. The Kier molecular flexibility index (Phi) is 7.86. The molecule has 0 spiro atoms. The minimum Gasteiger partial charge on any atom is -0.331 e. The van der Waals surface area contributed by atoms with Gasteiger partial charge in [0.2, 0.25) is 0 Å². The number of carbonyl (C=O) groups is 2. The van der Waals surface area contributed by atoms with Gasteiger partial charge in [-0.25, -0.2) is 4.98 Å². The van der Waals surface area contributed by atoms with Crippen molar-refractivity contribution >= 4 is 23.6 Å². The summed E-state index contributed by atoms with van der Waals surface area (Å²) >= 11 is 1.70. The number of carbonyl (C=O) groups excluding carboxylic acids is 2. The molecule has 0 bridgehead atoms. The number of unbranched alkanes of at least 4 members (excludes halogenated alkanes) is 1. The van der Waals surface area contributed by atoms with Gasteiger partial charge < -0.3 is 9.80 Å². The Morgan fingerprint density at radius 2 is 1.94 bits per heavy atom. The zero-order valence-corrected chi connectivity index (χ0v) is 21.2. The van der Waals surface area contributed by atoms with Gasteiger partial charge in [-0.1, -0.05) is 30.4 Å². The van der Waals surface area contributed by atoms with Crippen LogP contribution in [0.2, 0.25) is 0 Å². The lowest BCUT2D eigenvalue weighted by atomic mass is 9.74. The zero-order valence-electron chi connectivity index (χ0n) is 20.4. The number of hydrogen-bond donors (Lipinski definition) is 1. The van der Waals surface area contributed by atoms with Crippen LogP contribution >= 0.6 is 11.8 Å². The molecule has 2 atom stereocenters. The highest BCUT2D eigenvalue weighted by Crippen LogP contribution is 2.39. The summed E-state index contributed by atoms with van der Waals surface area (Å²) in [5, 5.41) is 4.63. The van der Waals surface area contributed by atoms with E-state index in [0.717, 1.165) is 53.2 Å². The number of pyridine rings is 1. The molecule has 1 aromatic rings. The number of hydrogen-bond acceptors (Lipinski definition) is 5. The number of amides is 2. The molecule has 6 nitrogen and oxygen atoms in total. The highest BCUT2D eigenvalue weighted by Gasteiger charge is 2.42. The molecule has 34 heavy (non-hydrogen) atoms. The quantitative estimate of drug-likeness (QED) is 0.228. The van der Waals surface area contributed by atoms with Gasteiger partial charge in [-0.15, -0.1) is 11.8 Å². The summed E-state index contributed by atoms with van der Waals surface area (Å²) < 4.78 is 0.939. The number of thioether (sulfide) groups is 1. The molecular weight excluding hydrogens is 444 g/mol. The number of nitrogens with one attached hydrogen (secondary N) is 1. The van der Waals surface area contributed by atoms with Crippen molar-refractivity contribution in [1.82, 2.24) is 15.2 Å². The topological polar surface area (TPSA) is 62.3 Å². The number of aromatic nitrogens is 1. The maximum absolute atomic E-state index is 13.3. The summed E-state index contributed by atoms with van der Waals surface area (Å²) in [5.41, 5.74) is 2.24. The molecule has 2 heterocycles. The highest BCUT2D eigenvalue weighted by atomic mass is 32.2. The normalized spacial score (nSPS) is 21.7. The SMILES string of the molecule is C[N+](C)(C)CCCNC1C=CC2=C3C(=CC=CC31)C(=O)N(CCCCSc1ccccn1)C2=O. The van der Waals surface area contributed by atoms with Gasteiger partial charge in [0.15, 0.2) is 0 Å². The second-order valence-corrected chi connectivity index (χ2v) is 11.1. The Morgan fingerprint density at radius 1 is 1.09 bits per heavy atom. The van der Waals surface area contributed by atoms with Gasteiger partial charge in [0.05, 0.1) is 32.7 Å². The van der Waals surface area contributed by atoms with Gasteiger partial charge in [-0.2, -0.15) is 0 Å². The predicted octanol–water partition coefficient (Wildman–Crippen LogP) is 3.36. The van der Waals surface area contributed by atoms with Gasteiger partial charge in [-0.05, 0) is 42.4 Å². The van der Waals surface area contributed by atoms with Crippen LogP contribution in [0, 0.1) is 5.92 Å². The lowest BCUT2D eigenvalue weighted by Gasteiger charge is -2.38. The molecular formula is C27H35N4O2S+. The average molecular weight is 480 g/mol. The van der Waals surface area contributed by atoms with E-state index in [1.54, 1.807) is 18.0 Å². The molecule has 3 aliphatic rings. The lowest BCUT2D eigenvalue weighted by molar-refractivity contribution is -0.870. The summed E-state index contributed by atoms with van der Waals surface area (Å²) in [6.07, 6.45) is 14.5. The molecule has 0 saturated heterocycles. The van der Waals surface area contributed by atoms with Crippen molar-refractivity contribution in [2.24, 2.45) is 5.92 Å². The second kappa shape index (κ2) is 10.8. The van der Waals surface area contributed by atoms with Crippen LogP contribution < -0.4 is 5.32 Å². The molecule has 2 aliphatic carbocycles. The Bertz CT molecular complexity index is 1040. The molecule has 4 rings (SSSR count). The smallest absolute Gasteiger partial charge is 0.261 e. The number of imide groups is 1. The van der Waals surface area contributed by atoms with Crippen molar-refractivity contribution in [2.75, 3.05) is 46.5 Å². The summed E-state index contributed by atoms with van der Waals surface area (Å²) in [6, 6.07) is 5.98. The lowest BCUT2D eigenvalue weighted by Crippen LogP contribution is -2.48. The van der Waals surface area contributed by atoms with Gasteiger partial charge in [-0.3, -0.25) is 14.5 Å². The van der Waals surface area contributed by atoms with E-state index in [9.17, 15) is 9.59 Å². The van der Waals surface area contributed by atoms with Gasteiger partial charge >= 0.3 is 0 Å². The van der Waals surface area contributed by atoms with E-state index < -0.39 is 0 Å². The summed E-state index contributed by atoms with van der Waals surface area (Å²) in [5.74, 6) is 0.619. The van der Waals surface area contributed by atoms with E-state index in [-0.39, 0.29) is 23.8 Å². The van der Waals surface area contributed by atoms with E-state index in [4.69, 9.17) is 0 Å². The van der Waals surface area contributed by atoms with Crippen molar-refractivity contribution in [2.45, 2.75) is 30.3 Å². The second-order valence-electron chi connectivity index (χ2n) is 10.0. The van der Waals surface area contributed by atoms with E-state index in [1.807, 2.05) is 36.4 Å².